The maximum absolute atomic E-state index is 10.8. The normalized spacial score (nSPS) is 10.7. The maximum atomic E-state index is 10.8. The molecule has 0 heterocycles. The summed E-state index contributed by atoms with van der Waals surface area (Å²) in [6.45, 7) is 7.83. The van der Waals surface area contributed by atoms with Crippen molar-refractivity contribution in [2.45, 2.75) is 96.8 Å². The van der Waals surface area contributed by atoms with Crippen LogP contribution in [0, 0.1) is 0 Å². The molecule has 0 saturated carbocycles. The van der Waals surface area contributed by atoms with Gasteiger partial charge in [0, 0.05) is 12.6 Å². The quantitative estimate of drug-likeness (QED) is 0.184. The third-order valence-corrected chi connectivity index (χ3v) is 4.40. The summed E-state index contributed by atoms with van der Waals surface area (Å²) in [5.74, 6) is -0.340. The second kappa shape index (κ2) is 20.2. The molecule has 0 aliphatic rings. The van der Waals surface area contributed by atoms with Crippen LogP contribution in [0.15, 0.2) is 12.7 Å². The van der Waals surface area contributed by atoms with Gasteiger partial charge in [-0.1, -0.05) is 97.0 Å². The van der Waals surface area contributed by atoms with Crippen molar-refractivity contribution in [3.63, 3.8) is 0 Å². The molecule has 0 spiro atoms. The van der Waals surface area contributed by atoms with Crippen molar-refractivity contribution in [3.05, 3.63) is 12.7 Å². The van der Waals surface area contributed by atoms with Crippen molar-refractivity contribution in [1.29, 1.82) is 0 Å². The van der Waals surface area contributed by atoms with E-state index >= 15 is 0 Å². The Balaban J connectivity index is 3.00. The van der Waals surface area contributed by atoms with Crippen LogP contribution in [0.2, 0.25) is 0 Å². The third kappa shape index (κ3) is 19.2. The molecule has 0 amide bonds. The van der Waals surface area contributed by atoms with E-state index in [9.17, 15) is 4.79 Å². The van der Waals surface area contributed by atoms with E-state index in [-0.39, 0.29) is 5.97 Å². The van der Waals surface area contributed by atoms with Gasteiger partial charge in [-0.3, -0.25) is 0 Å². The fourth-order valence-electron chi connectivity index (χ4n) is 2.85. The Morgan fingerprint density at radius 1 is 0.792 bits per heavy atom. The summed E-state index contributed by atoms with van der Waals surface area (Å²) in [5.41, 5.74) is 0. The lowest BCUT2D eigenvalue weighted by Gasteiger charge is -2.05. The topological polar surface area (TPSA) is 38.3 Å². The minimum Gasteiger partial charge on any atom is -0.461 e. The highest BCUT2D eigenvalue weighted by atomic mass is 16.5. The number of nitrogens with one attached hydrogen (secondary N) is 1. The van der Waals surface area contributed by atoms with Crippen LogP contribution < -0.4 is 5.32 Å². The summed E-state index contributed by atoms with van der Waals surface area (Å²) in [7, 11) is 0. The van der Waals surface area contributed by atoms with Crippen molar-refractivity contribution < 1.29 is 9.53 Å². The van der Waals surface area contributed by atoms with Gasteiger partial charge in [0.1, 0.15) is 6.61 Å². The number of ether oxygens (including phenoxy) is 1. The summed E-state index contributed by atoms with van der Waals surface area (Å²) >= 11 is 0. The zero-order chi connectivity index (χ0) is 17.7. The van der Waals surface area contributed by atoms with E-state index in [0.717, 1.165) is 13.1 Å². The molecule has 24 heavy (non-hydrogen) atoms. The number of hydrogen-bond donors (Lipinski definition) is 1. The first kappa shape index (κ1) is 23.2. The van der Waals surface area contributed by atoms with E-state index in [1.807, 2.05) is 0 Å². The summed E-state index contributed by atoms with van der Waals surface area (Å²) in [4.78, 5) is 10.8. The van der Waals surface area contributed by atoms with E-state index in [2.05, 4.69) is 18.8 Å². The maximum Gasteiger partial charge on any atom is 0.330 e. The van der Waals surface area contributed by atoms with E-state index in [4.69, 9.17) is 4.74 Å². The second-order valence-corrected chi connectivity index (χ2v) is 6.72. The van der Waals surface area contributed by atoms with Crippen molar-refractivity contribution in [1.82, 2.24) is 5.32 Å². The molecule has 1 N–H and O–H groups in total. The highest BCUT2D eigenvalue weighted by molar-refractivity contribution is 5.81. The summed E-state index contributed by atoms with van der Waals surface area (Å²) in [5, 5.41) is 3.30. The smallest absolute Gasteiger partial charge is 0.330 e. The Bertz CT molecular complexity index is 279. The molecule has 0 aliphatic carbocycles. The van der Waals surface area contributed by atoms with Crippen molar-refractivity contribution >= 4 is 5.97 Å². The fourth-order valence-corrected chi connectivity index (χ4v) is 2.85. The summed E-state index contributed by atoms with van der Waals surface area (Å²) < 4.78 is 4.90. The Morgan fingerprint density at radius 2 is 1.25 bits per heavy atom. The van der Waals surface area contributed by atoms with Crippen molar-refractivity contribution in [3.8, 4) is 0 Å². The molecule has 0 unspecified atom stereocenters. The van der Waals surface area contributed by atoms with Crippen molar-refractivity contribution in [2.24, 2.45) is 0 Å². The minimum atomic E-state index is -0.340. The number of rotatable bonds is 19. The molecule has 0 saturated heterocycles. The molecule has 0 atom stereocenters. The van der Waals surface area contributed by atoms with E-state index in [0.29, 0.717) is 6.61 Å². The number of unbranched alkanes of at least 4 members (excludes halogenated alkanes) is 13. The van der Waals surface area contributed by atoms with Crippen LogP contribution in [-0.2, 0) is 9.53 Å². The monoisotopic (exact) mass is 339 g/mol. The van der Waals surface area contributed by atoms with Gasteiger partial charge in [-0.2, -0.15) is 0 Å². The van der Waals surface area contributed by atoms with Gasteiger partial charge in [0.2, 0.25) is 0 Å². The van der Waals surface area contributed by atoms with Crippen LogP contribution in [0.4, 0.5) is 0 Å². The molecule has 0 fully saturated rings. The van der Waals surface area contributed by atoms with Gasteiger partial charge >= 0.3 is 5.97 Å². The number of carbonyl (C=O) groups excluding carboxylic acids is 1. The molecule has 0 aromatic heterocycles. The number of carbonyl (C=O) groups is 1. The Hall–Kier alpha value is -0.830. The first-order chi connectivity index (χ1) is 11.8. The van der Waals surface area contributed by atoms with Crippen LogP contribution in [0.1, 0.15) is 96.8 Å². The molecule has 0 aromatic carbocycles. The minimum absolute atomic E-state index is 0.340. The van der Waals surface area contributed by atoms with E-state index < -0.39 is 0 Å². The molecule has 0 radical (unpaired) electrons. The lowest BCUT2D eigenvalue weighted by atomic mass is 10.0. The Kier molecular flexibility index (Phi) is 19.5. The molecule has 142 valence electrons. The summed E-state index contributed by atoms with van der Waals surface area (Å²) in [6, 6.07) is 0. The number of hydrogen-bond acceptors (Lipinski definition) is 3. The molecule has 3 nitrogen and oxygen atoms in total. The zero-order valence-corrected chi connectivity index (χ0v) is 16.1. The average Bonchev–Trinajstić information content (AvgIpc) is 2.60. The zero-order valence-electron chi connectivity index (χ0n) is 16.1. The van der Waals surface area contributed by atoms with Gasteiger partial charge in [-0.15, -0.1) is 0 Å². The van der Waals surface area contributed by atoms with Crippen LogP contribution in [0.3, 0.4) is 0 Å². The van der Waals surface area contributed by atoms with Gasteiger partial charge < -0.3 is 10.1 Å². The molecule has 0 aliphatic heterocycles. The Labute approximate surface area is 150 Å². The van der Waals surface area contributed by atoms with Crippen molar-refractivity contribution in [2.75, 3.05) is 19.7 Å². The van der Waals surface area contributed by atoms with Gasteiger partial charge in [-0.05, 0) is 13.0 Å². The molecule has 0 aromatic rings. The SMILES string of the molecule is C=CC(=O)OCCNCCCCCCCCCCCCCCCC. The molecule has 0 bridgehead atoms. The van der Waals surface area contributed by atoms with Crippen LogP contribution in [0.25, 0.3) is 0 Å². The van der Waals surface area contributed by atoms with Gasteiger partial charge in [0.15, 0.2) is 0 Å². The highest BCUT2D eigenvalue weighted by Crippen LogP contribution is 2.12. The molecular formula is C21H41NO2. The molecule has 0 rings (SSSR count). The predicted octanol–water partition coefficient (Wildman–Crippen LogP) is 5.79. The fraction of sp³-hybridized carbons (Fsp3) is 0.857. The molecular weight excluding hydrogens is 298 g/mol. The van der Waals surface area contributed by atoms with Gasteiger partial charge in [-0.25, -0.2) is 4.79 Å². The number of esters is 1. The standard InChI is InChI=1S/C21H41NO2/c1-3-5-6-7-8-9-10-11-12-13-14-15-16-17-18-22-19-20-24-21(23)4-2/h4,22H,2-3,5-20H2,1H3. The summed E-state index contributed by atoms with van der Waals surface area (Å²) in [6.07, 6.45) is 20.7. The lowest BCUT2D eigenvalue weighted by Crippen LogP contribution is -2.21. The first-order valence-corrected chi connectivity index (χ1v) is 10.3. The largest absolute Gasteiger partial charge is 0.461 e. The Morgan fingerprint density at radius 3 is 1.71 bits per heavy atom. The van der Waals surface area contributed by atoms with Gasteiger partial charge in [0.05, 0.1) is 0 Å². The third-order valence-electron chi connectivity index (χ3n) is 4.40. The van der Waals surface area contributed by atoms with Crippen LogP contribution in [0.5, 0.6) is 0 Å². The van der Waals surface area contributed by atoms with Crippen LogP contribution in [-0.4, -0.2) is 25.7 Å². The average molecular weight is 340 g/mol. The molecule has 3 heteroatoms. The van der Waals surface area contributed by atoms with Gasteiger partial charge in [0.25, 0.3) is 0 Å². The van der Waals surface area contributed by atoms with E-state index in [1.54, 1.807) is 0 Å². The van der Waals surface area contributed by atoms with Crippen LogP contribution >= 0.6 is 0 Å². The highest BCUT2D eigenvalue weighted by Gasteiger charge is 1.96. The lowest BCUT2D eigenvalue weighted by molar-refractivity contribution is -0.137. The van der Waals surface area contributed by atoms with E-state index in [1.165, 1.54) is 96.0 Å². The second-order valence-electron chi connectivity index (χ2n) is 6.72. The predicted molar refractivity (Wildman–Crippen MR) is 104 cm³/mol. The first-order valence-electron chi connectivity index (χ1n) is 10.3.